The molecular formula is C44H43BrN10O8S6. The second kappa shape index (κ2) is 21.8. The molecule has 0 fully saturated rings. The summed E-state index contributed by atoms with van der Waals surface area (Å²) < 4.78 is 58.8. The third-order valence-electron chi connectivity index (χ3n) is 8.73. The Morgan fingerprint density at radius 2 is 1.06 bits per heavy atom. The fraction of sp³-hybridized carbons (Fsp3) is 0.182. The fourth-order valence-electron chi connectivity index (χ4n) is 6.04. The van der Waals surface area contributed by atoms with E-state index < -0.39 is 41.0 Å². The number of sulfonamides is 2. The van der Waals surface area contributed by atoms with Gasteiger partial charge in [0.2, 0.25) is 20.0 Å². The highest BCUT2D eigenvalue weighted by Crippen LogP contribution is 2.39. The molecule has 0 aliphatic rings. The Kier molecular flexibility index (Phi) is 16.6. The minimum absolute atomic E-state index is 0.00861. The first-order chi connectivity index (χ1) is 32.4. The van der Waals surface area contributed by atoms with Crippen molar-refractivity contribution >= 4 is 109 Å². The first kappa shape index (κ1) is 52.5. The van der Waals surface area contributed by atoms with E-state index in [4.69, 9.17) is 5.73 Å². The van der Waals surface area contributed by atoms with E-state index in [0.29, 0.717) is 58.5 Å². The normalized spacial score (nSPS) is 11.8. The Morgan fingerprint density at radius 3 is 1.45 bits per heavy atom. The van der Waals surface area contributed by atoms with Crippen LogP contribution in [0.15, 0.2) is 134 Å². The molecule has 0 spiro atoms. The summed E-state index contributed by atoms with van der Waals surface area (Å²) in [6.45, 7) is 10.6. The van der Waals surface area contributed by atoms with Crippen LogP contribution in [0.2, 0.25) is 0 Å². The van der Waals surface area contributed by atoms with Crippen LogP contribution >= 0.6 is 61.3 Å². The predicted octanol–water partition coefficient (Wildman–Crippen LogP) is 11.6. The summed E-state index contributed by atoms with van der Waals surface area (Å²) in [5, 5.41) is 30.5. The van der Waals surface area contributed by atoms with Gasteiger partial charge in [0.25, 0.3) is 11.4 Å². The Hall–Kier alpha value is -5.90. The van der Waals surface area contributed by atoms with Gasteiger partial charge in [0.15, 0.2) is 9.05 Å². The quantitative estimate of drug-likeness (QED) is 0.0503. The maximum atomic E-state index is 13.3. The summed E-state index contributed by atoms with van der Waals surface area (Å²) in [4.78, 5) is 39.1. The maximum Gasteiger partial charge on any atom is 0.269 e. The minimum Gasteiger partial charge on any atom is -0.399 e. The summed E-state index contributed by atoms with van der Waals surface area (Å²) in [5.74, 6) is 0. The molecule has 18 nitrogen and oxygen atoms in total. The summed E-state index contributed by atoms with van der Waals surface area (Å²) in [5.41, 5.74) is 7.83. The smallest absolute Gasteiger partial charge is 0.269 e. The standard InChI is InChI=1S/C22H21N5O4S3.C19H20N4O4S2.C3H2BrNS/c1-22(2,3)26-34(30,31)19-12-15(25-21-23-10-11-32-21)6-9-17(19)18-13-24-20(33-18)14-4-7-16(8-5-14)27(28)29;1-19(2,3)22-29(26,27)17-10-13(20)6-9-15(17)16-11-21-18(28-16)12-4-7-14(8-5-12)23(24)25;4-3-5-1-2-6-3/h4-13,26H,1-3H3,(H,23,25);4-11,22H,20H2,1-3H3;1-2H. The molecular weight excluding hydrogens is 1070 g/mol. The van der Waals surface area contributed by atoms with Crippen LogP contribution in [0.3, 0.4) is 0 Å². The topological polar surface area (TPSA) is 268 Å². The number of hydrogen-bond acceptors (Lipinski definition) is 18. The van der Waals surface area contributed by atoms with Crippen LogP contribution in [0.1, 0.15) is 41.5 Å². The Labute approximate surface area is 422 Å². The van der Waals surface area contributed by atoms with Crippen LogP contribution in [0.4, 0.5) is 27.9 Å². The third-order valence-corrected chi connectivity index (χ3v) is 16.5. The van der Waals surface area contributed by atoms with Crippen LogP contribution < -0.4 is 20.5 Å². The number of nitrogens with two attached hydrogens (primary N) is 1. The maximum absolute atomic E-state index is 13.3. The number of hydrogen-bond donors (Lipinski definition) is 4. The van der Waals surface area contributed by atoms with Gasteiger partial charge in [-0.2, -0.15) is 0 Å². The molecule has 0 saturated carbocycles. The third kappa shape index (κ3) is 14.6. The zero-order chi connectivity index (χ0) is 50.3. The lowest BCUT2D eigenvalue weighted by atomic mass is 10.1. The number of halogens is 1. The van der Waals surface area contributed by atoms with Gasteiger partial charge in [-0.05, 0) is 106 Å². The molecule has 0 saturated heterocycles. The molecule has 0 aliphatic heterocycles. The number of aromatic nitrogens is 4. The molecule has 0 radical (unpaired) electrons. The first-order valence-corrected chi connectivity index (χ1v) is 27.3. The summed E-state index contributed by atoms with van der Waals surface area (Å²) in [7, 11) is -7.69. The summed E-state index contributed by atoms with van der Waals surface area (Å²) in [6.07, 6.45) is 6.62. The average Bonchev–Trinajstić information content (AvgIpc) is 4.13. The average molecular weight is 1110 g/mol. The number of nitro benzene ring substituents is 2. The lowest BCUT2D eigenvalue weighted by Crippen LogP contribution is -2.40. The summed E-state index contributed by atoms with van der Waals surface area (Å²) in [6, 6.07) is 21.9. The van der Waals surface area contributed by atoms with E-state index >= 15 is 0 Å². The number of anilines is 3. The highest BCUT2D eigenvalue weighted by atomic mass is 79.9. The van der Waals surface area contributed by atoms with Crippen molar-refractivity contribution in [2.75, 3.05) is 11.1 Å². The number of nitrogen functional groups attached to an aromatic ring is 1. The SMILES string of the molecule is Brc1nccs1.CC(C)(C)NS(=O)(=O)c1cc(N)ccc1-c1cnc(-c2ccc([N+](=O)[O-])cc2)s1.CC(C)(C)NS(=O)(=O)c1cc(Nc2nccs2)ccc1-c1cnc(-c2ccc([N+](=O)[O-])cc2)s1. The van der Waals surface area contributed by atoms with Gasteiger partial charge in [0.1, 0.15) is 10.0 Å². The van der Waals surface area contributed by atoms with Crippen LogP contribution in [0.25, 0.3) is 42.0 Å². The van der Waals surface area contributed by atoms with Gasteiger partial charge in [-0.15, -0.1) is 45.3 Å². The van der Waals surface area contributed by atoms with Crippen molar-refractivity contribution in [3.8, 4) is 42.0 Å². The van der Waals surface area contributed by atoms with Gasteiger partial charge in [0.05, 0.1) is 29.4 Å². The minimum atomic E-state index is -3.87. The highest BCUT2D eigenvalue weighted by Gasteiger charge is 2.28. The van der Waals surface area contributed by atoms with Gasteiger partial charge in [0, 0.05) is 105 Å². The molecule has 360 valence electrons. The van der Waals surface area contributed by atoms with Gasteiger partial charge >= 0.3 is 0 Å². The molecule has 25 heteroatoms. The van der Waals surface area contributed by atoms with E-state index in [1.165, 1.54) is 64.3 Å². The van der Waals surface area contributed by atoms with E-state index in [2.05, 4.69) is 50.6 Å². The van der Waals surface area contributed by atoms with E-state index in [0.717, 1.165) is 3.92 Å². The molecule has 5 N–H and O–H groups in total. The van der Waals surface area contributed by atoms with Gasteiger partial charge in [-0.1, -0.05) is 12.1 Å². The van der Waals surface area contributed by atoms with Crippen LogP contribution in [-0.2, 0) is 20.0 Å². The number of rotatable bonds is 12. The largest absolute Gasteiger partial charge is 0.399 e. The molecule has 0 unspecified atom stereocenters. The highest BCUT2D eigenvalue weighted by molar-refractivity contribution is 9.11. The van der Waals surface area contributed by atoms with Crippen molar-refractivity contribution in [3.63, 3.8) is 0 Å². The van der Waals surface area contributed by atoms with Gasteiger partial charge < -0.3 is 11.1 Å². The van der Waals surface area contributed by atoms with Crippen molar-refractivity contribution in [2.45, 2.75) is 62.4 Å². The Bertz CT molecular complexity index is 3280. The summed E-state index contributed by atoms with van der Waals surface area (Å²) >= 11 is 8.78. The monoisotopic (exact) mass is 1110 g/mol. The zero-order valence-electron chi connectivity index (χ0n) is 37.4. The number of nitrogens with one attached hydrogen (secondary N) is 3. The van der Waals surface area contributed by atoms with Crippen LogP contribution in [0.5, 0.6) is 0 Å². The van der Waals surface area contributed by atoms with E-state index in [-0.39, 0.29) is 21.2 Å². The molecule has 8 rings (SSSR count). The zero-order valence-corrected chi connectivity index (χ0v) is 43.9. The molecule has 0 bridgehead atoms. The second-order valence-corrected chi connectivity index (χ2v) is 25.0. The van der Waals surface area contributed by atoms with E-state index in [9.17, 15) is 37.1 Å². The molecule has 0 atom stereocenters. The molecule has 69 heavy (non-hydrogen) atoms. The molecule has 4 aromatic carbocycles. The van der Waals surface area contributed by atoms with Crippen LogP contribution in [0, 0.1) is 20.2 Å². The molecule has 4 aromatic heterocycles. The van der Waals surface area contributed by atoms with Crippen LogP contribution in [-0.4, -0.2) is 57.7 Å². The number of nitrogens with zero attached hydrogens (tertiary/aromatic N) is 6. The van der Waals surface area contributed by atoms with Crippen molar-refractivity contribution in [1.29, 1.82) is 0 Å². The molecule has 4 heterocycles. The fourth-order valence-corrected chi connectivity index (χ4v) is 12.8. The first-order valence-electron chi connectivity index (χ1n) is 20.1. The number of nitro groups is 2. The molecule has 8 aromatic rings. The lowest BCUT2D eigenvalue weighted by Gasteiger charge is -2.22. The van der Waals surface area contributed by atoms with Crippen molar-refractivity contribution in [2.24, 2.45) is 0 Å². The Balaban J connectivity index is 0.000000204. The Morgan fingerprint density at radius 1 is 0.609 bits per heavy atom. The van der Waals surface area contributed by atoms with Crippen molar-refractivity contribution in [3.05, 3.63) is 145 Å². The number of thiazole rings is 4. The number of non-ortho nitro benzene ring substituents is 2. The predicted molar refractivity (Wildman–Crippen MR) is 279 cm³/mol. The second-order valence-electron chi connectivity index (χ2n) is 16.6. The van der Waals surface area contributed by atoms with Gasteiger partial charge in [-0.25, -0.2) is 46.2 Å². The van der Waals surface area contributed by atoms with E-state index in [1.807, 2.05) is 10.8 Å². The molecule has 0 aliphatic carbocycles. The molecule has 0 amide bonds. The van der Waals surface area contributed by atoms with E-state index in [1.54, 1.807) is 132 Å². The van der Waals surface area contributed by atoms with Crippen molar-refractivity contribution in [1.82, 2.24) is 29.4 Å². The van der Waals surface area contributed by atoms with Gasteiger partial charge in [-0.3, -0.25) is 20.2 Å². The number of benzene rings is 4. The lowest BCUT2D eigenvalue weighted by molar-refractivity contribution is -0.385. The van der Waals surface area contributed by atoms with Crippen molar-refractivity contribution < 1.29 is 26.7 Å².